The van der Waals surface area contributed by atoms with Crippen molar-refractivity contribution in [3.8, 4) is 5.75 Å². The van der Waals surface area contributed by atoms with Crippen LogP contribution in [0, 0.1) is 0 Å². The predicted octanol–water partition coefficient (Wildman–Crippen LogP) is 2.09. The number of rotatable bonds is 4. The number of carbonyl (C=O) groups excluding carboxylic acids is 1. The van der Waals surface area contributed by atoms with E-state index in [2.05, 4.69) is 10.6 Å². The van der Waals surface area contributed by atoms with Gasteiger partial charge in [-0.15, -0.1) is 12.4 Å². The standard InChI is InChI=1S/C13H17ClN2O3.ClH/c1-18-12-6-9(2-3-11(12)14)16-13(17)7-10-8-15-4-5-19-10;/h2-3,6,10,15H,4-5,7-8H2,1H3,(H,16,17);1H. The van der Waals surface area contributed by atoms with Crippen LogP contribution >= 0.6 is 24.0 Å². The molecule has 2 N–H and O–H groups in total. The van der Waals surface area contributed by atoms with Crippen molar-refractivity contribution in [1.82, 2.24) is 5.32 Å². The van der Waals surface area contributed by atoms with E-state index in [9.17, 15) is 4.79 Å². The van der Waals surface area contributed by atoms with Crippen LogP contribution in [0.4, 0.5) is 5.69 Å². The summed E-state index contributed by atoms with van der Waals surface area (Å²) >= 11 is 5.92. The molecule has 1 unspecified atom stereocenters. The molecule has 1 aromatic rings. The summed E-state index contributed by atoms with van der Waals surface area (Å²) in [5.41, 5.74) is 0.662. The number of amides is 1. The highest BCUT2D eigenvalue weighted by molar-refractivity contribution is 6.32. The van der Waals surface area contributed by atoms with Crippen LogP contribution in [-0.4, -0.2) is 38.8 Å². The molecule has 1 aliphatic heterocycles. The Balaban J connectivity index is 0.00000200. The lowest BCUT2D eigenvalue weighted by Gasteiger charge is -2.23. The topological polar surface area (TPSA) is 59.6 Å². The van der Waals surface area contributed by atoms with E-state index in [4.69, 9.17) is 21.1 Å². The van der Waals surface area contributed by atoms with Gasteiger partial charge in [0, 0.05) is 24.8 Å². The zero-order valence-corrected chi connectivity index (χ0v) is 12.7. The molecule has 1 atom stereocenters. The van der Waals surface area contributed by atoms with Crippen LogP contribution < -0.4 is 15.4 Å². The van der Waals surface area contributed by atoms with E-state index in [1.165, 1.54) is 7.11 Å². The SMILES string of the molecule is COc1cc(NC(=O)CC2CNCCO2)ccc1Cl.Cl. The third kappa shape index (κ3) is 4.83. The number of morpholine rings is 1. The van der Waals surface area contributed by atoms with E-state index in [0.29, 0.717) is 36.0 Å². The number of hydrogen-bond acceptors (Lipinski definition) is 4. The molecule has 112 valence electrons. The molecule has 5 nitrogen and oxygen atoms in total. The molecule has 0 spiro atoms. The summed E-state index contributed by atoms with van der Waals surface area (Å²) in [6, 6.07) is 5.12. The Morgan fingerprint density at radius 3 is 3.05 bits per heavy atom. The molecule has 0 aromatic heterocycles. The molecule has 0 aliphatic carbocycles. The first-order chi connectivity index (χ1) is 9.19. The number of anilines is 1. The summed E-state index contributed by atoms with van der Waals surface area (Å²) in [5.74, 6) is 0.452. The first kappa shape index (κ1) is 17.0. The van der Waals surface area contributed by atoms with Crippen LogP contribution in [0.2, 0.25) is 5.02 Å². The van der Waals surface area contributed by atoms with Crippen molar-refractivity contribution in [2.75, 3.05) is 32.1 Å². The van der Waals surface area contributed by atoms with Gasteiger partial charge < -0.3 is 20.1 Å². The van der Waals surface area contributed by atoms with Crippen LogP contribution in [0.5, 0.6) is 5.75 Å². The first-order valence-electron chi connectivity index (χ1n) is 6.15. The first-order valence-corrected chi connectivity index (χ1v) is 6.52. The van der Waals surface area contributed by atoms with Gasteiger partial charge in [0.15, 0.2) is 0 Å². The fourth-order valence-electron chi connectivity index (χ4n) is 1.91. The summed E-state index contributed by atoms with van der Waals surface area (Å²) in [5, 5.41) is 6.51. The fraction of sp³-hybridized carbons (Fsp3) is 0.462. The van der Waals surface area contributed by atoms with Crippen LogP contribution in [0.25, 0.3) is 0 Å². The van der Waals surface area contributed by atoms with Crippen LogP contribution in [0.3, 0.4) is 0 Å². The van der Waals surface area contributed by atoms with Crippen molar-refractivity contribution >= 4 is 35.6 Å². The highest BCUT2D eigenvalue weighted by atomic mass is 35.5. The summed E-state index contributed by atoms with van der Waals surface area (Å²) in [7, 11) is 1.54. The molecule has 7 heteroatoms. The molecule has 0 bridgehead atoms. The number of carbonyl (C=O) groups is 1. The predicted molar refractivity (Wildman–Crippen MR) is 81.1 cm³/mol. The third-order valence-electron chi connectivity index (χ3n) is 2.85. The lowest BCUT2D eigenvalue weighted by Crippen LogP contribution is -2.40. The van der Waals surface area contributed by atoms with Crippen molar-refractivity contribution in [2.24, 2.45) is 0 Å². The van der Waals surface area contributed by atoms with E-state index < -0.39 is 0 Å². The Hall–Kier alpha value is -1.01. The van der Waals surface area contributed by atoms with E-state index >= 15 is 0 Å². The molecule has 1 amide bonds. The maximum absolute atomic E-state index is 11.9. The largest absolute Gasteiger partial charge is 0.495 e. The maximum atomic E-state index is 11.9. The Labute approximate surface area is 129 Å². The van der Waals surface area contributed by atoms with Gasteiger partial charge in [-0.1, -0.05) is 11.6 Å². The van der Waals surface area contributed by atoms with E-state index in [-0.39, 0.29) is 24.4 Å². The second-order valence-corrected chi connectivity index (χ2v) is 4.71. The molecule has 20 heavy (non-hydrogen) atoms. The number of hydrogen-bond donors (Lipinski definition) is 2. The van der Waals surface area contributed by atoms with E-state index in [0.717, 1.165) is 6.54 Å². The fourth-order valence-corrected chi connectivity index (χ4v) is 2.10. The number of ether oxygens (including phenoxy) is 2. The van der Waals surface area contributed by atoms with Crippen molar-refractivity contribution < 1.29 is 14.3 Å². The molecule has 1 aromatic carbocycles. The normalized spacial score (nSPS) is 18.0. The quantitative estimate of drug-likeness (QED) is 0.891. The van der Waals surface area contributed by atoms with Crippen molar-refractivity contribution in [3.05, 3.63) is 23.2 Å². The molecular weight excluding hydrogens is 303 g/mol. The Morgan fingerprint density at radius 2 is 2.40 bits per heavy atom. The van der Waals surface area contributed by atoms with Crippen molar-refractivity contribution in [3.63, 3.8) is 0 Å². The summed E-state index contributed by atoms with van der Waals surface area (Å²) in [6.45, 7) is 2.19. The summed E-state index contributed by atoms with van der Waals surface area (Å²) < 4.78 is 10.6. The van der Waals surface area contributed by atoms with Gasteiger partial charge in [0.2, 0.25) is 5.91 Å². The Morgan fingerprint density at radius 1 is 1.60 bits per heavy atom. The zero-order chi connectivity index (χ0) is 13.7. The Bertz CT molecular complexity index is 451. The lowest BCUT2D eigenvalue weighted by atomic mass is 10.2. The number of methoxy groups -OCH3 is 1. The molecule has 1 saturated heterocycles. The van der Waals surface area contributed by atoms with Crippen molar-refractivity contribution in [2.45, 2.75) is 12.5 Å². The molecule has 1 fully saturated rings. The van der Waals surface area contributed by atoms with Gasteiger partial charge in [0.1, 0.15) is 5.75 Å². The lowest BCUT2D eigenvalue weighted by molar-refractivity contribution is -0.119. The van der Waals surface area contributed by atoms with Gasteiger partial charge in [-0.2, -0.15) is 0 Å². The molecule has 1 aliphatic rings. The monoisotopic (exact) mass is 320 g/mol. The van der Waals surface area contributed by atoms with Gasteiger partial charge in [0.25, 0.3) is 0 Å². The average Bonchev–Trinajstić information content (AvgIpc) is 2.42. The third-order valence-corrected chi connectivity index (χ3v) is 3.16. The van der Waals surface area contributed by atoms with E-state index in [1.54, 1.807) is 18.2 Å². The Kier molecular flexibility index (Phi) is 7.09. The van der Waals surface area contributed by atoms with Gasteiger partial charge >= 0.3 is 0 Å². The second kappa shape index (κ2) is 8.32. The molecular formula is C13H18Cl2N2O3. The molecule has 1 heterocycles. The smallest absolute Gasteiger partial charge is 0.227 e. The van der Waals surface area contributed by atoms with Crippen LogP contribution in [0.15, 0.2) is 18.2 Å². The number of halogens is 2. The molecule has 0 radical (unpaired) electrons. The minimum Gasteiger partial charge on any atom is -0.495 e. The summed E-state index contributed by atoms with van der Waals surface area (Å²) in [4.78, 5) is 11.9. The average molecular weight is 321 g/mol. The minimum atomic E-state index is -0.0851. The highest BCUT2D eigenvalue weighted by Crippen LogP contribution is 2.27. The second-order valence-electron chi connectivity index (χ2n) is 4.30. The van der Waals surface area contributed by atoms with Gasteiger partial charge in [-0.3, -0.25) is 4.79 Å². The van der Waals surface area contributed by atoms with Gasteiger partial charge in [0.05, 0.1) is 31.3 Å². The molecule has 0 saturated carbocycles. The number of nitrogens with one attached hydrogen (secondary N) is 2. The van der Waals surface area contributed by atoms with Gasteiger partial charge in [-0.05, 0) is 12.1 Å². The highest BCUT2D eigenvalue weighted by Gasteiger charge is 2.17. The summed E-state index contributed by atoms with van der Waals surface area (Å²) in [6.07, 6.45) is 0.265. The minimum absolute atomic E-state index is 0. The zero-order valence-electron chi connectivity index (χ0n) is 11.1. The van der Waals surface area contributed by atoms with Gasteiger partial charge in [-0.25, -0.2) is 0 Å². The van der Waals surface area contributed by atoms with Crippen LogP contribution in [0.1, 0.15) is 6.42 Å². The van der Waals surface area contributed by atoms with E-state index in [1.807, 2.05) is 0 Å². The number of benzene rings is 1. The van der Waals surface area contributed by atoms with Crippen molar-refractivity contribution in [1.29, 1.82) is 0 Å². The maximum Gasteiger partial charge on any atom is 0.227 e. The molecule has 2 rings (SSSR count). The van der Waals surface area contributed by atoms with Crippen LogP contribution in [-0.2, 0) is 9.53 Å².